The van der Waals surface area contributed by atoms with Gasteiger partial charge in [-0.1, -0.05) is 12.1 Å². The molecule has 0 aliphatic carbocycles. The lowest BCUT2D eigenvalue weighted by Gasteiger charge is -2.22. The Labute approximate surface area is 125 Å². The maximum absolute atomic E-state index is 12.9. The van der Waals surface area contributed by atoms with E-state index in [4.69, 9.17) is 23.2 Å². The molecule has 3 nitrogen and oxygen atoms in total. The molecule has 20 heavy (non-hydrogen) atoms. The molecular weight excluding hydrogens is 338 g/mol. The number of halogens is 5. The monoisotopic (exact) mass is 349 g/mol. The van der Waals surface area contributed by atoms with E-state index >= 15 is 0 Å². The number of rotatable bonds is 6. The topological polar surface area (TPSA) is 37.4 Å². The van der Waals surface area contributed by atoms with Crippen LogP contribution in [0.4, 0.5) is 13.2 Å². The van der Waals surface area contributed by atoms with E-state index in [1.165, 1.54) is 6.07 Å². The molecule has 0 amide bonds. The first kappa shape index (κ1) is 17.6. The van der Waals surface area contributed by atoms with Crippen LogP contribution >= 0.6 is 23.2 Å². The minimum Gasteiger partial charge on any atom is -0.207 e. The highest BCUT2D eigenvalue weighted by molar-refractivity contribution is 7.89. The Hall–Kier alpha value is -0.500. The Morgan fingerprint density at radius 1 is 1.05 bits per heavy atom. The van der Waals surface area contributed by atoms with Gasteiger partial charge >= 0.3 is 6.18 Å². The second-order valence-electron chi connectivity index (χ2n) is 3.78. The zero-order valence-electron chi connectivity index (χ0n) is 10.2. The third-order valence-electron chi connectivity index (χ3n) is 2.48. The highest BCUT2D eigenvalue weighted by Crippen LogP contribution is 2.35. The lowest BCUT2D eigenvalue weighted by molar-refractivity contribution is -0.139. The molecule has 0 bridgehead atoms. The first-order valence-electron chi connectivity index (χ1n) is 5.53. The molecule has 0 atom stereocenters. The summed E-state index contributed by atoms with van der Waals surface area (Å²) in [7, 11) is -4.29. The molecule has 0 radical (unpaired) electrons. The number of nitrogens with zero attached hydrogens (tertiary/aromatic N) is 1. The van der Waals surface area contributed by atoms with Crippen LogP contribution in [0.25, 0.3) is 0 Å². The second kappa shape index (κ2) is 6.98. The lowest BCUT2D eigenvalue weighted by atomic mass is 10.2. The van der Waals surface area contributed by atoms with E-state index in [1.807, 2.05) is 0 Å². The zero-order valence-corrected chi connectivity index (χ0v) is 12.5. The van der Waals surface area contributed by atoms with Gasteiger partial charge in [0.25, 0.3) is 0 Å². The summed E-state index contributed by atoms with van der Waals surface area (Å²) in [6.07, 6.45) is -4.75. The van der Waals surface area contributed by atoms with Crippen molar-refractivity contribution >= 4 is 33.2 Å². The van der Waals surface area contributed by atoms with Gasteiger partial charge in [0.15, 0.2) is 0 Å². The zero-order chi connectivity index (χ0) is 15.4. The average Bonchev–Trinajstić information content (AvgIpc) is 2.37. The van der Waals surface area contributed by atoms with Gasteiger partial charge in [-0.05, 0) is 12.1 Å². The van der Waals surface area contributed by atoms with Crippen LogP contribution in [0.5, 0.6) is 0 Å². The second-order valence-corrected chi connectivity index (χ2v) is 6.44. The fourth-order valence-corrected chi connectivity index (χ4v) is 3.87. The standard InChI is InChI=1S/C11H12Cl2F3NO2S/c12-5-7-17(8-6-13)20(18,19)10-4-2-1-3-9(10)11(14,15)16/h1-4H,5-8H2. The van der Waals surface area contributed by atoms with Gasteiger partial charge in [0, 0.05) is 24.8 Å². The van der Waals surface area contributed by atoms with Crippen LogP contribution in [-0.4, -0.2) is 37.6 Å². The largest absolute Gasteiger partial charge is 0.417 e. The van der Waals surface area contributed by atoms with E-state index in [0.29, 0.717) is 0 Å². The van der Waals surface area contributed by atoms with Crippen molar-refractivity contribution in [3.8, 4) is 0 Å². The highest BCUT2D eigenvalue weighted by atomic mass is 35.5. The van der Waals surface area contributed by atoms with E-state index in [9.17, 15) is 21.6 Å². The van der Waals surface area contributed by atoms with Crippen molar-refractivity contribution in [3.05, 3.63) is 29.8 Å². The Morgan fingerprint density at radius 2 is 1.55 bits per heavy atom. The lowest BCUT2D eigenvalue weighted by Crippen LogP contribution is -2.35. The molecule has 0 saturated carbocycles. The number of hydrogen-bond donors (Lipinski definition) is 0. The molecular formula is C11H12Cl2F3NO2S. The van der Waals surface area contributed by atoms with Crippen LogP contribution < -0.4 is 0 Å². The van der Waals surface area contributed by atoms with Gasteiger partial charge in [-0.15, -0.1) is 23.2 Å². The first-order chi connectivity index (χ1) is 9.25. The van der Waals surface area contributed by atoms with Crippen LogP contribution in [0.3, 0.4) is 0 Å². The van der Waals surface area contributed by atoms with E-state index < -0.39 is 26.7 Å². The molecule has 0 unspecified atom stereocenters. The predicted octanol–water partition coefficient (Wildman–Crippen LogP) is 3.17. The molecule has 0 fully saturated rings. The molecule has 9 heteroatoms. The van der Waals surface area contributed by atoms with Gasteiger partial charge < -0.3 is 0 Å². The molecule has 0 heterocycles. The van der Waals surface area contributed by atoms with Gasteiger partial charge in [0.1, 0.15) is 0 Å². The molecule has 1 aromatic carbocycles. The SMILES string of the molecule is O=S(=O)(c1ccccc1C(F)(F)F)N(CCCl)CCCl. The fraction of sp³-hybridized carbons (Fsp3) is 0.455. The molecule has 0 aliphatic heterocycles. The van der Waals surface area contributed by atoms with Gasteiger partial charge in [-0.25, -0.2) is 8.42 Å². The summed E-state index contributed by atoms with van der Waals surface area (Å²) < 4.78 is 64.1. The van der Waals surface area contributed by atoms with Crippen molar-refractivity contribution in [2.45, 2.75) is 11.1 Å². The molecule has 114 valence electrons. The van der Waals surface area contributed by atoms with Crippen molar-refractivity contribution in [1.82, 2.24) is 4.31 Å². The molecule has 0 aliphatic rings. The van der Waals surface area contributed by atoms with Crippen molar-refractivity contribution < 1.29 is 21.6 Å². The maximum Gasteiger partial charge on any atom is 0.417 e. The summed E-state index contributed by atoms with van der Waals surface area (Å²) in [5, 5.41) is 0. The van der Waals surface area contributed by atoms with Crippen LogP contribution in [0.1, 0.15) is 5.56 Å². The maximum atomic E-state index is 12.9. The van der Waals surface area contributed by atoms with Crippen LogP contribution in [0, 0.1) is 0 Å². The molecule has 0 saturated heterocycles. The molecule has 1 rings (SSSR count). The fourth-order valence-electron chi connectivity index (χ4n) is 1.61. The van der Waals surface area contributed by atoms with E-state index in [0.717, 1.165) is 22.5 Å². The molecule has 0 spiro atoms. The predicted molar refractivity (Wildman–Crippen MR) is 71.6 cm³/mol. The van der Waals surface area contributed by atoms with Crippen molar-refractivity contribution in [3.63, 3.8) is 0 Å². The normalized spacial score (nSPS) is 12.9. The van der Waals surface area contributed by atoms with E-state index in [2.05, 4.69) is 0 Å². The number of hydrogen-bond acceptors (Lipinski definition) is 2. The quantitative estimate of drug-likeness (QED) is 0.739. The van der Waals surface area contributed by atoms with Gasteiger partial charge in [0.05, 0.1) is 10.5 Å². The number of benzene rings is 1. The van der Waals surface area contributed by atoms with Crippen molar-refractivity contribution in [2.75, 3.05) is 24.8 Å². The summed E-state index contributed by atoms with van der Waals surface area (Å²) in [6, 6.07) is 4.02. The summed E-state index contributed by atoms with van der Waals surface area (Å²) >= 11 is 11.0. The summed E-state index contributed by atoms with van der Waals surface area (Å²) in [5.74, 6) is -0.0748. The average molecular weight is 350 g/mol. The Kier molecular flexibility index (Phi) is 6.12. The Bertz CT molecular complexity index is 543. The van der Waals surface area contributed by atoms with Crippen LogP contribution in [0.2, 0.25) is 0 Å². The summed E-state index contributed by atoms with van der Waals surface area (Å²) in [4.78, 5) is -0.789. The van der Waals surface area contributed by atoms with Gasteiger partial charge in [-0.2, -0.15) is 17.5 Å². The van der Waals surface area contributed by atoms with E-state index in [1.54, 1.807) is 0 Å². The van der Waals surface area contributed by atoms with Crippen molar-refractivity contribution in [1.29, 1.82) is 0 Å². The molecule has 0 N–H and O–H groups in total. The summed E-state index contributed by atoms with van der Waals surface area (Å²) in [6.45, 7) is -0.217. The van der Waals surface area contributed by atoms with Crippen LogP contribution in [-0.2, 0) is 16.2 Å². The smallest absolute Gasteiger partial charge is 0.207 e. The van der Waals surface area contributed by atoms with Gasteiger partial charge in [-0.3, -0.25) is 0 Å². The van der Waals surface area contributed by atoms with Crippen LogP contribution in [0.15, 0.2) is 29.2 Å². The summed E-state index contributed by atoms with van der Waals surface area (Å²) in [5.41, 5.74) is -1.20. The minimum absolute atomic E-state index is 0.0374. The Morgan fingerprint density at radius 3 is 2.00 bits per heavy atom. The van der Waals surface area contributed by atoms with Crippen molar-refractivity contribution in [2.24, 2.45) is 0 Å². The minimum atomic E-state index is -4.75. The first-order valence-corrected chi connectivity index (χ1v) is 8.04. The van der Waals surface area contributed by atoms with E-state index in [-0.39, 0.29) is 24.8 Å². The molecule has 0 aromatic heterocycles. The third-order valence-corrected chi connectivity index (χ3v) is 4.77. The molecule has 1 aromatic rings. The Balaban J connectivity index is 3.34. The highest BCUT2D eigenvalue weighted by Gasteiger charge is 2.38. The number of sulfonamides is 1. The number of alkyl halides is 5. The third kappa shape index (κ3) is 4.00. The van der Waals surface area contributed by atoms with Gasteiger partial charge in [0.2, 0.25) is 10.0 Å².